The van der Waals surface area contributed by atoms with Crippen molar-refractivity contribution in [2.45, 2.75) is 96.6 Å². The summed E-state index contributed by atoms with van der Waals surface area (Å²) < 4.78 is 56.8. The van der Waals surface area contributed by atoms with Gasteiger partial charge in [0.25, 0.3) is 0 Å². The van der Waals surface area contributed by atoms with Crippen molar-refractivity contribution in [1.82, 2.24) is 0 Å². The zero-order valence-corrected chi connectivity index (χ0v) is 21.2. The first-order valence-electron chi connectivity index (χ1n) is 13.5. The molecule has 2 nitrogen and oxygen atoms in total. The number of aromatic carboxylic acids is 1. The van der Waals surface area contributed by atoms with E-state index in [4.69, 9.17) is 0 Å². The maximum Gasteiger partial charge on any atom is 0.335 e. The first-order valence-corrected chi connectivity index (χ1v) is 13.5. The van der Waals surface area contributed by atoms with E-state index in [1.54, 1.807) is 0 Å². The molecular formula is C30H38F4O2. The molecule has 1 N–H and O–H groups in total. The van der Waals surface area contributed by atoms with Crippen molar-refractivity contribution < 1.29 is 27.5 Å². The average Bonchev–Trinajstić information content (AvgIpc) is 2.86. The Balaban J connectivity index is 1.62. The molecular weight excluding hydrogens is 468 g/mol. The van der Waals surface area contributed by atoms with Gasteiger partial charge < -0.3 is 5.11 Å². The predicted molar refractivity (Wildman–Crippen MR) is 135 cm³/mol. The van der Waals surface area contributed by atoms with E-state index in [1.807, 2.05) is 0 Å². The molecule has 0 saturated heterocycles. The van der Waals surface area contributed by atoms with Crippen LogP contribution in [0.3, 0.4) is 0 Å². The Morgan fingerprint density at radius 1 is 0.944 bits per heavy atom. The minimum atomic E-state index is -1.59. The highest BCUT2D eigenvalue weighted by molar-refractivity contribution is 5.92. The Labute approximate surface area is 212 Å². The second-order valence-electron chi connectivity index (χ2n) is 10.3. The molecule has 0 aliphatic heterocycles. The molecule has 3 rings (SSSR count). The van der Waals surface area contributed by atoms with Gasteiger partial charge in [0.2, 0.25) is 0 Å². The summed E-state index contributed by atoms with van der Waals surface area (Å²) in [5, 5.41) is 9.68. The Bertz CT molecular complexity index is 975. The monoisotopic (exact) mass is 506 g/mol. The lowest BCUT2D eigenvalue weighted by Crippen LogP contribution is -2.25. The van der Waals surface area contributed by atoms with Crippen LogP contribution in [0.25, 0.3) is 11.1 Å². The van der Waals surface area contributed by atoms with Crippen LogP contribution in [0.1, 0.15) is 99.9 Å². The van der Waals surface area contributed by atoms with Crippen molar-refractivity contribution in [2.24, 2.45) is 11.8 Å². The van der Waals surface area contributed by atoms with Crippen molar-refractivity contribution in [3.63, 3.8) is 0 Å². The lowest BCUT2D eigenvalue weighted by atomic mass is 9.76. The molecule has 1 aliphatic rings. The van der Waals surface area contributed by atoms with Gasteiger partial charge in [-0.1, -0.05) is 83.3 Å². The number of unbranched alkanes of at least 4 members (excludes halogenated alkanes) is 6. The molecule has 1 fully saturated rings. The molecule has 6 heteroatoms. The van der Waals surface area contributed by atoms with Crippen molar-refractivity contribution in [3.8, 4) is 11.1 Å². The number of carboxylic acids is 1. The summed E-state index contributed by atoms with van der Waals surface area (Å²) in [6.07, 6.45) is 12.2. The third-order valence-electron chi connectivity index (χ3n) is 7.72. The molecule has 2 aromatic carbocycles. The Hall–Kier alpha value is -2.37. The average molecular weight is 507 g/mol. The van der Waals surface area contributed by atoms with Gasteiger partial charge in [0.05, 0.1) is 5.56 Å². The van der Waals surface area contributed by atoms with Gasteiger partial charge in [-0.2, -0.15) is 0 Å². The van der Waals surface area contributed by atoms with Crippen LogP contribution in [0.2, 0.25) is 0 Å². The fourth-order valence-corrected chi connectivity index (χ4v) is 5.58. The fraction of sp³-hybridized carbons (Fsp3) is 0.567. The van der Waals surface area contributed by atoms with Gasteiger partial charge in [-0.25, -0.2) is 22.4 Å². The largest absolute Gasteiger partial charge is 0.478 e. The van der Waals surface area contributed by atoms with E-state index in [0.717, 1.165) is 37.8 Å². The van der Waals surface area contributed by atoms with Gasteiger partial charge in [0.1, 0.15) is 6.17 Å². The lowest BCUT2D eigenvalue weighted by molar-refractivity contribution is 0.0694. The highest BCUT2D eigenvalue weighted by atomic mass is 19.2. The number of hydrogen-bond acceptors (Lipinski definition) is 1. The van der Waals surface area contributed by atoms with Crippen LogP contribution in [0.5, 0.6) is 0 Å². The second kappa shape index (κ2) is 13.8. The van der Waals surface area contributed by atoms with E-state index in [2.05, 4.69) is 6.92 Å². The number of halogens is 4. The smallest absolute Gasteiger partial charge is 0.335 e. The molecule has 1 unspecified atom stereocenters. The summed E-state index contributed by atoms with van der Waals surface area (Å²) >= 11 is 0. The van der Waals surface area contributed by atoms with E-state index in [9.17, 15) is 23.1 Å². The molecule has 36 heavy (non-hydrogen) atoms. The van der Waals surface area contributed by atoms with Crippen LogP contribution in [-0.2, 0) is 6.42 Å². The lowest BCUT2D eigenvalue weighted by Gasteiger charge is -2.31. The van der Waals surface area contributed by atoms with E-state index < -0.39 is 29.6 Å². The zero-order valence-electron chi connectivity index (χ0n) is 21.2. The first-order chi connectivity index (χ1) is 17.3. The molecule has 0 aromatic heterocycles. The van der Waals surface area contributed by atoms with Gasteiger partial charge in [0.15, 0.2) is 17.5 Å². The van der Waals surface area contributed by atoms with Crippen LogP contribution < -0.4 is 0 Å². The SMILES string of the molecule is CCCCCCCCCC1CCC(C(F)Cc2c(C(=O)O)cccc2-c2cc(F)c(F)c(F)c2)CC1. The van der Waals surface area contributed by atoms with Crippen LogP contribution in [0.4, 0.5) is 17.6 Å². The molecule has 1 saturated carbocycles. The number of carbonyl (C=O) groups is 1. The van der Waals surface area contributed by atoms with Crippen molar-refractivity contribution in [1.29, 1.82) is 0 Å². The van der Waals surface area contributed by atoms with Gasteiger partial charge in [-0.05, 0) is 59.6 Å². The van der Waals surface area contributed by atoms with Gasteiger partial charge in [-0.3, -0.25) is 0 Å². The Kier molecular flexibility index (Phi) is 10.8. The summed E-state index contributed by atoms with van der Waals surface area (Å²) in [5.74, 6) is -5.12. The molecule has 1 atom stereocenters. The Morgan fingerprint density at radius 3 is 2.17 bits per heavy atom. The van der Waals surface area contributed by atoms with Crippen molar-refractivity contribution in [2.75, 3.05) is 0 Å². The van der Waals surface area contributed by atoms with E-state index in [-0.39, 0.29) is 34.6 Å². The van der Waals surface area contributed by atoms with Crippen LogP contribution >= 0.6 is 0 Å². The minimum absolute atomic E-state index is 0.00453. The molecule has 0 radical (unpaired) electrons. The number of alkyl halides is 1. The third-order valence-corrected chi connectivity index (χ3v) is 7.72. The van der Waals surface area contributed by atoms with Crippen LogP contribution in [-0.4, -0.2) is 17.2 Å². The highest BCUT2D eigenvalue weighted by Crippen LogP contribution is 2.37. The van der Waals surface area contributed by atoms with E-state index >= 15 is 4.39 Å². The molecule has 0 heterocycles. The standard InChI is InChI=1S/C30H38F4O2/c1-2-3-4-5-6-7-8-10-20-13-15-21(16-14-20)26(31)19-25-23(11-9-12-24(25)30(35)36)22-17-27(32)29(34)28(33)18-22/h9,11-12,17-18,20-21,26H,2-8,10,13-16,19H2,1H3,(H,35,36). The molecule has 0 amide bonds. The summed E-state index contributed by atoms with van der Waals surface area (Å²) in [6, 6.07) is 5.96. The number of benzene rings is 2. The molecule has 0 bridgehead atoms. The third kappa shape index (κ3) is 7.57. The van der Waals surface area contributed by atoms with Crippen LogP contribution in [0.15, 0.2) is 30.3 Å². The minimum Gasteiger partial charge on any atom is -0.478 e. The number of rotatable bonds is 13. The topological polar surface area (TPSA) is 37.3 Å². The maximum atomic E-state index is 15.5. The van der Waals surface area contributed by atoms with E-state index in [0.29, 0.717) is 5.92 Å². The van der Waals surface area contributed by atoms with Gasteiger partial charge in [-0.15, -0.1) is 0 Å². The molecule has 2 aromatic rings. The zero-order chi connectivity index (χ0) is 26.1. The summed E-state index contributed by atoms with van der Waals surface area (Å²) in [4.78, 5) is 11.9. The van der Waals surface area contributed by atoms with Gasteiger partial charge >= 0.3 is 5.97 Å². The Morgan fingerprint density at radius 2 is 1.56 bits per heavy atom. The summed E-state index contributed by atoms with van der Waals surface area (Å²) in [7, 11) is 0. The predicted octanol–water partition coefficient (Wildman–Crippen LogP) is 9.30. The van der Waals surface area contributed by atoms with Gasteiger partial charge in [0, 0.05) is 6.42 Å². The van der Waals surface area contributed by atoms with Crippen molar-refractivity contribution in [3.05, 3.63) is 58.9 Å². The molecule has 1 aliphatic carbocycles. The number of hydrogen-bond donors (Lipinski definition) is 1. The number of carboxylic acid groups (broad SMARTS) is 1. The second-order valence-corrected chi connectivity index (χ2v) is 10.3. The fourth-order valence-electron chi connectivity index (χ4n) is 5.58. The molecule has 0 spiro atoms. The molecule has 198 valence electrons. The van der Waals surface area contributed by atoms with E-state index in [1.165, 1.54) is 69.6 Å². The maximum absolute atomic E-state index is 15.5. The highest BCUT2D eigenvalue weighted by Gasteiger charge is 2.30. The van der Waals surface area contributed by atoms with Crippen molar-refractivity contribution >= 4 is 5.97 Å². The normalized spacial score (nSPS) is 18.8. The quantitative estimate of drug-likeness (QED) is 0.167. The summed E-state index contributed by atoms with van der Waals surface area (Å²) in [5.41, 5.74) is 0.291. The first kappa shape index (κ1) is 28.2. The summed E-state index contributed by atoms with van der Waals surface area (Å²) in [6.45, 7) is 2.22. The van der Waals surface area contributed by atoms with Crippen LogP contribution in [0, 0.1) is 29.3 Å².